The maximum atomic E-state index is 12.7. The fraction of sp³-hybridized carbons (Fsp3) is 0.292. The van der Waals surface area contributed by atoms with E-state index in [9.17, 15) is 16.8 Å². The average Bonchev–Trinajstić information content (AvgIpc) is 2.91. The Kier molecular flexibility index (Phi) is 6.70. The van der Waals surface area contributed by atoms with Crippen molar-refractivity contribution in [1.82, 2.24) is 14.5 Å². The van der Waals surface area contributed by atoms with E-state index in [4.69, 9.17) is 0 Å². The molecular weight excluding hydrogens is 458 g/mol. The zero-order chi connectivity index (χ0) is 23.5. The standard InChI is InChI=1S/C24H25N3O4S2/c1-19(21-11-7-4-8-12-21)26-33(30,31)16-13-23-22-18-32(28,29)15-14-24(22)27(25-23)17-20-9-5-2-3-6-10-20/h4-5,7-13,16,19,26H,2,14-15,17-18H2,1H3/b16-13+/t19-/m0/s1. The van der Waals surface area contributed by atoms with Crippen molar-refractivity contribution in [3.05, 3.63) is 82.1 Å². The van der Waals surface area contributed by atoms with Gasteiger partial charge >= 0.3 is 0 Å². The van der Waals surface area contributed by atoms with Crippen molar-refractivity contribution in [3.63, 3.8) is 0 Å². The quantitative estimate of drug-likeness (QED) is 0.611. The van der Waals surface area contributed by atoms with Gasteiger partial charge in [-0.2, -0.15) is 5.10 Å². The van der Waals surface area contributed by atoms with Gasteiger partial charge < -0.3 is 0 Å². The molecule has 1 N–H and O–H groups in total. The molecule has 1 aliphatic heterocycles. The maximum absolute atomic E-state index is 12.7. The van der Waals surface area contributed by atoms with Gasteiger partial charge in [0.1, 0.15) is 0 Å². The lowest BCUT2D eigenvalue weighted by atomic mass is 10.1. The first-order valence-electron chi connectivity index (χ1n) is 10.6. The summed E-state index contributed by atoms with van der Waals surface area (Å²) in [4.78, 5) is 0. The van der Waals surface area contributed by atoms with Gasteiger partial charge in [0.05, 0.1) is 23.7 Å². The summed E-state index contributed by atoms with van der Waals surface area (Å²) in [6.07, 6.45) is 8.17. The monoisotopic (exact) mass is 483 g/mol. The third kappa shape index (κ3) is 5.90. The normalized spacial score (nSPS) is 18.2. The molecule has 0 bridgehead atoms. The van der Waals surface area contributed by atoms with Gasteiger partial charge in [-0.15, -0.1) is 0 Å². The highest BCUT2D eigenvalue weighted by molar-refractivity contribution is 7.92. The van der Waals surface area contributed by atoms with Crippen molar-refractivity contribution >= 4 is 25.9 Å². The molecule has 9 heteroatoms. The minimum Gasteiger partial charge on any atom is -0.264 e. The van der Waals surface area contributed by atoms with Gasteiger partial charge in [0.15, 0.2) is 9.84 Å². The van der Waals surface area contributed by atoms with Gasteiger partial charge in [-0.3, -0.25) is 4.68 Å². The van der Waals surface area contributed by atoms with Crippen LogP contribution >= 0.6 is 0 Å². The summed E-state index contributed by atoms with van der Waals surface area (Å²) in [5.74, 6) is 5.88. The van der Waals surface area contributed by atoms with Gasteiger partial charge in [-0.25, -0.2) is 21.6 Å². The van der Waals surface area contributed by atoms with Crippen LogP contribution in [0.3, 0.4) is 0 Å². The largest absolute Gasteiger partial charge is 0.264 e. The lowest BCUT2D eigenvalue weighted by Crippen LogP contribution is -2.24. The third-order valence-corrected chi connectivity index (χ3v) is 8.23. The number of nitrogens with one attached hydrogen (secondary N) is 1. The minimum atomic E-state index is -3.78. The first kappa shape index (κ1) is 23.2. The molecule has 1 atom stereocenters. The maximum Gasteiger partial charge on any atom is 0.234 e. The van der Waals surface area contributed by atoms with E-state index in [1.165, 1.54) is 6.08 Å². The molecule has 1 aromatic carbocycles. The summed E-state index contributed by atoms with van der Waals surface area (Å²) in [7, 11) is -7.03. The Hall–Kier alpha value is -2.93. The predicted octanol–water partition coefficient (Wildman–Crippen LogP) is 2.90. The van der Waals surface area contributed by atoms with Crippen molar-refractivity contribution in [2.75, 3.05) is 5.75 Å². The van der Waals surface area contributed by atoms with Crippen LogP contribution in [0.25, 0.3) is 6.08 Å². The number of benzene rings is 1. The zero-order valence-corrected chi connectivity index (χ0v) is 19.9. The van der Waals surface area contributed by atoms with Crippen LogP contribution in [-0.2, 0) is 38.6 Å². The van der Waals surface area contributed by atoms with Gasteiger partial charge in [0, 0.05) is 35.5 Å². The van der Waals surface area contributed by atoms with Crippen molar-refractivity contribution in [3.8, 4) is 11.8 Å². The molecule has 4 rings (SSSR count). The predicted molar refractivity (Wildman–Crippen MR) is 129 cm³/mol. The van der Waals surface area contributed by atoms with E-state index >= 15 is 0 Å². The summed E-state index contributed by atoms with van der Waals surface area (Å²) in [6.45, 7) is 2.21. The van der Waals surface area contributed by atoms with Crippen LogP contribution in [0.2, 0.25) is 0 Å². The number of fused-ring (bicyclic) bond motifs is 1. The van der Waals surface area contributed by atoms with Crippen molar-refractivity contribution in [2.24, 2.45) is 0 Å². The second-order valence-corrected chi connectivity index (χ2v) is 11.8. The van der Waals surface area contributed by atoms with Gasteiger partial charge in [0.2, 0.25) is 10.0 Å². The molecule has 7 nitrogen and oxygen atoms in total. The van der Waals surface area contributed by atoms with Gasteiger partial charge in [-0.1, -0.05) is 54.3 Å². The molecule has 0 saturated heterocycles. The molecule has 33 heavy (non-hydrogen) atoms. The number of sulfonamides is 1. The number of rotatable bonds is 7. The Morgan fingerprint density at radius 2 is 2.06 bits per heavy atom. The molecule has 1 aromatic heterocycles. The third-order valence-electron chi connectivity index (χ3n) is 5.50. The number of nitrogens with zero attached hydrogens (tertiary/aromatic N) is 2. The van der Waals surface area contributed by atoms with E-state index in [2.05, 4.69) is 21.7 Å². The van der Waals surface area contributed by atoms with Crippen LogP contribution in [0, 0.1) is 11.8 Å². The van der Waals surface area contributed by atoms with Gasteiger partial charge in [0.25, 0.3) is 0 Å². The molecule has 0 fully saturated rings. The topological polar surface area (TPSA) is 98.1 Å². The number of sulfone groups is 1. The number of hydrogen-bond acceptors (Lipinski definition) is 5. The molecular formula is C24H25N3O4S2. The van der Waals surface area contributed by atoms with E-state index in [0.717, 1.165) is 22.2 Å². The Morgan fingerprint density at radius 3 is 2.85 bits per heavy atom. The minimum absolute atomic E-state index is 0.0536. The number of hydrogen-bond donors (Lipinski definition) is 1. The molecule has 0 radical (unpaired) electrons. The Balaban J connectivity index is 1.61. The molecule has 2 heterocycles. The fourth-order valence-corrected chi connectivity index (χ4v) is 6.26. The number of allylic oxidation sites excluding steroid dienone is 4. The summed E-state index contributed by atoms with van der Waals surface area (Å²) in [5.41, 5.74) is 3.54. The molecule has 1 aliphatic carbocycles. The molecule has 0 unspecified atom stereocenters. The summed E-state index contributed by atoms with van der Waals surface area (Å²) in [5, 5.41) is 5.63. The molecule has 0 saturated carbocycles. The van der Waals surface area contributed by atoms with Crippen LogP contribution in [0.5, 0.6) is 0 Å². The second kappa shape index (κ2) is 9.51. The Bertz CT molecular complexity index is 1410. The first-order chi connectivity index (χ1) is 15.7. The second-order valence-electron chi connectivity index (χ2n) is 8.06. The van der Waals surface area contributed by atoms with Crippen LogP contribution in [0.15, 0.2) is 59.5 Å². The van der Waals surface area contributed by atoms with E-state index in [-0.39, 0.29) is 11.5 Å². The number of aromatic nitrogens is 2. The van der Waals surface area contributed by atoms with E-state index in [1.807, 2.05) is 48.6 Å². The van der Waals surface area contributed by atoms with E-state index in [0.29, 0.717) is 30.6 Å². The first-order valence-corrected chi connectivity index (χ1v) is 14.0. The molecule has 2 aliphatic rings. The van der Waals surface area contributed by atoms with Crippen LogP contribution < -0.4 is 4.72 Å². The van der Waals surface area contributed by atoms with Crippen molar-refractivity contribution < 1.29 is 16.8 Å². The molecule has 2 aromatic rings. The Labute approximate surface area is 194 Å². The van der Waals surface area contributed by atoms with Gasteiger partial charge in [-0.05, 0) is 30.2 Å². The fourth-order valence-electron chi connectivity index (χ4n) is 3.84. The average molecular weight is 484 g/mol. The lowest BCUT2D eigenvalue weighted by Gasteiger charge is -2.15. The summed E-state index contributed by atoms with van der Waals surface area (Å²) in [6, 6.07) is 8.84. The van der Waals surface area contributed by atoms with Crippen LogP contribution in [0.1, 0.15) is 41.9 Å². The Morgan fingerprint density at radius 1 is 1.27 bits per heavy atom. The molecule has 0 amide bonds. The lowest BCUT2D eigenvalue weighted by molar-refractivity contribution is 0.576. The van der Waals surface area contributed by atoms with Crippen molar-refractivity contribution in [1.29, 1.82) is 0 Å². The highest BCUT2D eigenvalue weighted by Gasteiger charge is 2.28. The SMILES string of the molecule is C[C@H](NS(=O)(=O)/C=C/c1nn(CC2=CC#CCC=C2)c2c1CS(=O)(=O)CC2)c1ccccc1. The van der Waals surface area contributed by atoms with Crippen molar-refractivity contribution in [2.45, 2.75) is 38.1 Å². The van der Waals surface area contributed by atoms with E-state index in [1.54, 1.807) is 11.6 Å². The molecule has 0 spiro atoms. The molecule has 172 valence electrons. The summed E-state index contributed by atoms with van der Waals surface area (Å²) < 4.78 is 54.3. The smallest absolute Gasteiger partial charge is 0.234 e. The zero-order valence-electron chi connectivity index (χ0n) is 18.2. The van der Waals surface area contributed by atoms with Crippen LogP contribution in [0.4, 0.5) is 0 Å². The van der Waals surface area contributed by atoms with E-state index < -0.39 is 25.9 Å². The van der Waals surface area contributed by atoms with Crippen LogP contribution in [-0.4, -0.2) is 32.4 Å². The highest BCUT2D eigenvalue weighted by atomic mass is 32.2. The highest BCUT2D eigenvalue weighted by Crippen LogP contribution is 2.26. The summed E-state index contributed by atoms with van der Waals surface area (Å²) >= 11 is 0.